The van der Waals surface area contributed by atoms with Crippen molar-refractivity contribution in [1.29, 1.82) is 0 Å². The summed E-state index contributed by atoms with van der Waals surface area (Å²) in [7, 11) is 0. The van der Waals surface area contributed by atoms with E-state index in [0.29, 0.717) is 0 Å². The predicted octanol–water partition coefficient (Wildman–Crippen LogP) is 7.36. The lowest BCUT2D eigenvalue weighted by molar-refractivity contribution is 0.787. The van der Waals surface area contributed by atoms with E-state index in [1.807, 2.05) is 49.4 Å². The van der Waals surface area contributed by atoms with Gasteiger partial charge in [0.05, 0.1) is 0 Å². The highest BCUT2D eigenvalue weighted by Crippen LogP contribution is 2.18. The number of para-hydroxylation sites is 1. The molecule has 0 heterocycles. The molecule has 0 aliphatic heterocycles. The van der Waals surface area contributed by atoms with Crippen molar-refractivity contribution in [2.24, 2.45) is 0 Å². The largest absolute Gasteiger partial charge is 0.399 e. The highest BCUT2D eigenvalue weighted by molar-refractivity contribution is 5.49. The summed E-state index contributed by atoms with van der Waals surface area (Å²) in [5.74, 6) is 0. The summed E-state index contributed by atoms with van der Waals surface area (Å²) < 4.78 is 0. The Morgan fingerprint density at radius 2 is 1.31 bits per heavy atom. The van der Waals surface area contributed by atoms with Crippen LogP contribution in [0.25, 0.3) is 0 Å². The molecule has 3 heteroatoms. The Morgan fingerprint density at radius 1 is 0.625 bits per heavy atom. The summed E-state index contributed by atoms with van der Waals surface area (Å²) >= 11 is 0. The van der Waals surface area contributed by atoms with Crippen LogP contribution in [0.5, 0.6) is 0 Å². The second kappa shape index (κ2) is 15.8. The summed E-state index contributed by atoms with van der Waals surface area (Å²) in [6.07, 6.45) is 8.28. The normalized spacial score (nSPS) is 9.88. The fourth-order valence-corrected chi connectivity index (χ4v) is 3.30. The first-order chi connectivity index (χ1) is 15.4. The van der Waals surface area contributed by atoms with Crippen molar-refractivity contribution in [3.8, 4) is 0 Å². The van der Waals surface area contributed by atoms with E-state index in [1.54, 1.807) is 0 Å². The van der Waals surface area contributed by atoms with Gasteiger partial charge >= 0.3 is 0 Å². The maximum absolute atomic E-state index is 6.03. The van der Waals surface area contributed by atoms with Gasteiger partial charge in [0.1, 0.15) is 0 Å². The molecular formula is C29H43N3. The maximum atomic E-state index is 6.03. The number of nitrogens with two attached hydrogens (primary N) is 3. The maximum Gasteiger partial charge on any atom is 0.0349 e. The van der Waals surface area contributed by atoms with Gasteiger partial charge in [-0.1, -0.05) is 76.1 Å². The van der Waals surface area contributed by atoms with Gasteiger partial charge in [-0.05, 0) is 85.5 Å². The summed E-state index contributed by atoms with van der Waals surface area (Å²) in [6.45, 7) is 8.56. The number of nitrogen functional groups attached to an aromatic ring is 3. The molecule has 0 fully saturated rings. The Morgan fingerprint density at radius 3 is 1.81 bits per heavy atom. The van der Waals surface area contributed by atoms with Gasteiger partial charge in [0.25, 0.3) is 0 Å². The van der Waals surface area contributed by atoms with E-state index >= 15 is 0 Å². The molecule has 6 N–H and O–H groups in total. The molecule has 0 aliphatic rings. The molecule has 3 aromatic rings. The van der Waals surface area contributed by atoms with E-state index in [4.69, 9.17) is 17.2 Å². The van der Waals surface area contributed by atoms with Crippen molar-refractivity contribution in [3.63, 3.8) is 0 Å². The van der Waals surface area contributed by atoms with E-state index in [2.05, 4.69) is 45.0 Å². The molecule has 0 aliphatic carbocycles. The molecule has 0 saturated heterocycles. The number of hydrogen-bond acceptors (Lipinski definition) is 3. The molecule has 0 saturated carbocycles. The Balaban J connectivity index is 0.000000257. The molecule has 0 amide bonds. The second-order valence-corrected chi connectivity index (χ2v) is 8.21. The number of rotatable bonds is 7. The number of aryl methyl sites for hydroxylation is 4. The average Bonchev–Trinajstić information content (AvgIpc) is 2.78. The molecule has 3 aromatic carbocycles. The smallest absolute Gasteiger partial charge is 0.0349 e. The number of benzene rings is 3. The lowest BCUT2D eigenvalue weighted by atomic mass is 10.0. The zero-order valence-corrected chi connectivity index (χ0v) is 20.5. The van der Waals surface area contributed by atoms with Gasteiger partial charge in [-0.2, -0.15) is 0 Å². The highest BCUT2D eigenvalue weighted by Gasteiger charge is 2.00. The van der Waals surface area contributed by atoms with Gasteiger partial charge in [0.2, 0.25) is 0 Å². The Hall–Kier alpha value is -2.94. The molecule has 0 spiro atoms. The van der Waals surface area contributed by atoms with Gasteiger partial charge in [-0.25, -0.2) is 0 Å². The predicted molar refractivity (Wildman–Crippen MR) is 144 cm³/mol. The Labute approximate surface area is 196 Å². The van der Waals surface area contributed by atoms with E-state index in [0.717, 1.165) is 36.3 Å². The molecule has 3 nitrogen and oxygen atoms in total. The quantitative estimate of drug-likeness (QED) is 0.340. The molecule has 0 radical (unpaired) electrons. The number of anilines is 3. The third-order valence-electron chi connectivity index (χ3n) is 5.31. The SMILES string of the molecule is CCCCc1ccc(CCCC)c(N)c1.CCc1ccccc1N.Cc1cccc(N)c1. The molecule has 32 heavy (non-hydrogen) atoms. The first kappa shape index (κ1) is 27.1. The van der Waals surface area contributed by atoms with E-state index < -0.39 is 0 Å². The van der Waals surface area contributed by atoms with Crippen LogP contribution in [0, 0.1) is 6.92 Å². The van der Waals surface area contributed by atoms with Crippen molar-refractivity contribution in [1.82, 2.24) is 0 Å². The van der Waals surface area contributed by atoms with Gasteiger partial charge in [-0.15, -0.1) is 0 Å². The molecule has 0 aromatic heterocycles. The van der Waals surface area contributed by atoms with Crippen LogP contribution >= 0.6 is 0 Å². The van der Waals surface area contributed by atoms with Crippen LogP contribution in [0.2, 0.25) is 0 Å². The average molecular weight is 434 g/mol. The van der Waals surface area contributed by atoms with Crippen molar-refractivity contribution in [3.05, 3.63) is 89.0 Å². The topological polar surface area (TPSA) is 78.1 Å². The van der Waals surface area contributed by atoms with E-state index in [9.17, 15) is 0 Å². The monoisotopic (exact) mass is 433 g/mol. The van der Waals surface area contributed by atoms with Crippen molar-refractivity contribution in [2.45, 2.75) is 72.6 Å². The minimum absolute atomic E-state index is 0.838. The van der Waals surface area contributed by atoms with Crippen LogP contribution < -0.4 is 17.2 Å². The van der Waals surface area contributed by atoms with E-state index in [-0.39, 0.29) is 0 Å². The van der Waals surface area contributed by atoms with Crippen molar-refractivity contribution in [2.75, 3.05) is 17.2 Å². The molecule has 0 atom stereocenters. The third kappa shape index (κ3) is 10.9. The van der Waals surface area contributed by atoms with Crippen LogP contribution in [0.15, 0.2) is 66.7 Å². The van der Waals surface area contributed by atoms with Crippen molar-refractivity contribution < 1.29 is 0 Å². The third-order valence-corrected chi connectivity index (χ3v) is 5.31. The van der Waals surface area contributed by atoms with Gasteiger partial charge in [-0.3, -0.25) is 0 Å². The number of hydrogen-bond donors (Lipinski definition) is 3. The van der Waals surface area contributed by atoms with Crippen LogP contribution in [0.3, 0.4) is 0 Å². The lowest BCUT2D eigenvalue weighted by Gasteiger charge is -2.07. The summed E-state index contributed by atoms with van der Waals surface area (Å²) in [6, 6.07) is 22.3. The molecule has 0 bridgehead atoms. The van der Waals surface area contributed by atoms with Crippen LogP contribution in [-0.4, -0.2) is 0 Å². The Bertz CT molecular complexity index is 885. The first-order valence-corrected chi connectivity index (χ1v) is 11.9. The summed E-state index contributed by atoms with van der Waals surface area (Å²) in [4.78, 5) is 0. The van der Waals surface area contributed by atoms with Gasteiger partial charge in [0.15, 0.2) is 0 Å². The first-order valence-electron chi connectivity index (χ1n) is 11.9. The molecule has 0 unspecified atom stereocenters. The van der Waals surface area contributed by atoms with Crippen molar-refractivity contribution >= 4 is 17.1 Å². The number of unbranched alkanes of at least 4 members (excludes halogenated alkanes) is 2. The van der Waals surface area contributed by atoms with Gasteiger partial charge < -0.3 is 17.2 Å². The van der Waals surface area contributed by atoms with E-state index in [1.165, 1.54) is 47.9 Å². The zero-order chi connectivity index (χ0) is 23.8. The van der Waals surface area contributed by atoms with Gasteiger partial charge in [0, 0.05) is 17.1 Å². The molecule has 3 rings (SSSR count). The van der Waals surface area contributed by atoms with Crippen LogP contribution in [0.1, 0.15) is 68.7 Å². The zero-order valence-electron chi connectivity index (χ0n) is 20.5. The van der Waals surface area contributed by atoms with Crippen LogP contribution in [-0.2, 0) is 19.3 Å². The standard InChI is InChI=1S/C14H23N.C8H11N.C7H9N/c1-3-5-7-12-9-10-13(8-6-4-2)14(15)11-12;1-2-7-5-3-4-6-8(7)9;1-6-3-2-4-7(8)5-6/h9-11H,3-8,15H2,1-2H3;3-6H,2,9H2,1H3;2-5H,8H2,1H3. The second-order valence-electron chi connectivity index (χ2n) is 8.21. The Kier molecular flexibility index (Phi) is 13.4. The summed E-state index contributed by atoms with van der Waals surface area (Å²) in [5, 5.41) is 0. The molecule has 174 valence electrons. The fraction of sp³-hybridized carbons (Fsp3) is 0.379. The highest BCUT2D eigenvalue weighted by atomic mass is 14.6. The van der Waals surface area contributed by atoms with Crippen LogP contribution in [0.4, 0.5) is 17.1 Å². The fourth-order valence-electron chi connectivity index (χ4n) is 3.30. The lowest BCUT2D eigenvalue weighted by Crippen LogP contribution is -1.96. The minimum Gasteiger partial charge on any atom is -0.399 e. The summed E-state index contributed by atoms with van der Waals surface area (Å²) in [5.41, 5.74) is 25.0. The molecular weight excluding hydrogens is 390 g/mol. The minimum atomic E-state index is 0.838.